The highest BCUT2D eigenvalue weighted by atomic mass is 35.5. The second kappa shape index (κ2) is 3.73. The molecule has 0 aliphatic heterocycles. The van der Waals surface area contributed by atoms with Crippen LogP contribution in [-0.2, 0) is 0 Å². The predicted octanol–water partition coefficient (Wildman–Crippen LogP) is 2.46. The largest absolute Gasteiger partial charge is 0.278 e. The van der Waals surface area contributed by atoms with E-state index in [0.717, 1.165) is 22.0 Å². The normalized spacial score (nSPS) is 9.86. The Morgan fingerprint density at radius 3 is 3.14 bits per heavy atom. The summed E-state index contributed by atoms with van der Waals surface area (Å²) in [5.74, 6) is 6.23. The molecule has 0 aliphatic carbocycles. The van der Waals surface area contributed by atoms with Crippen LogP contribution in [0.15, 0.2) is 18.3 Å². The first-order chi connectivity index (χ1) is 6.81. The fourth-order valence-electron chi connectivity index (χ4n) is 1.36. The molecule has 70 valence electrons. The summed E-state index contributed by atoms with van der Waals surface area (Å²) < 4.78 is 0. The molecule has 0 radical (unpaired) electrons. The third kappa shape index (κ3) is 1.59. The second-order valence-electron chi connectivity index (χ2n) is 3.06. The van der Waals surface area contributed by atoms with Gasteiger partial charge in [-0.1, -0.05) is 11.8 Å². The Kier molecular flexibility index (Phi) is 2.43. The van der Waals surface area contributed by atoms with Gasteiger partial charge in [-0.05, 0) is 24.6 Å². The zero-order chi connectivity index (χ0) is 9.97. The van der Waals surface area contributed by atoms with E-state index in [0.29, 0.717) is 5.88 Å². The average Bonchev–Trinajstić information content (AvgIpc) is 2.61. The lowest BCUT2D eigenvalue weighted by atomic mass is 10.1. The highest BCUT2D eigenvalue weighted by molar-refractivity contribution is 6.19. The van der Waals surface area contributed by atoms with Crippen LogP contribution in [0.1, 0.15) is 11.1 Å². The van der Waals surface area contributed by atoms with Gasteiger partial charge < -0.3 is 0 Å². The second-order valence-corrected chi connectivity index (χ2v) is 3.33. The van der Waals surface area contributed by atoms with Crippen LogP contribution in [0.2, 0.25) is 0 Å². The molecular formula is C11H9ClN2. The van der Waals surface area contributed by atoms with Gasteiger partial charge in [0.15, 0.2) is 0 Å². The third-order valence-electron chi connectivity index (χ3n) is 2.08. The van der Waals surface area contributed by atoms with E-state index in [1.807, 2.05) is 19.1 Å². The number of aromatic amines is 1. The number of fused-ring (bicyclic) bond motifs is 1. The van der Waals surface area contributed by atoms with Crippen LogP contribution < -0.4 is 0 Å². The van der Waals surface area contributed by atoms with Gasteiger partial charge in [0.2, 0.25) is 0 Å². The Hall–Kier alpha value is -1.46. The van der Waals surface area contributed by atoms with Gasteiger partial charge in [0, 0.05) is 10.9 Å². The van der Waals surface area contributed by atoms with Crippen LogP contribution in [0, 0.1) is 18.8 Å². The SMILES string of the molecule is Cc1cc2[nH]ncc2cc1C#CCCl. The van der Waals surface area contributed by atoms with Gasteiger partial charge in [-0.15, -0.1) is 11.6 Å². The molecule has 2 aromatic rings. The molecule has 0 saturated heterocycles. The van der Waals surface area contributed by atoms with Crippen molar-refractivity contribution < 1.29 is 0 Å². The summed E-state index contributed by atoms with van der Waals surface area (Å²) in [6.45, 7) is 2.03. The number of aryl methyl sites for hydroxylation is 1. The van der Waals surface area contributed by atoms with Gasteiger partial charge >= 0.3 is 0 Å². The Morgan fingerprint density at radius 2 is 2.36 bits per heavy atom. The summed E-state index contributed by atoms with van der Waals surface area (Å²) in [5, 5.41) is 7.96. The van der Waals surface area contributed by atoms with Crippen LogP contribution >= 0.6 is 11.6 Å². The lowest BCUT2D eigenvalue weighted by Crippen LogP contribution is -1.82. The molecule has 0 bridgehead atoms. The van der Waals surface area contributed by atoms with Crippen molar-refractivity contribution in [2.45, 2.75) is 6.92 Å². The fourth-order valence-corrected chi connectivity index (χ4v) is 1.43. The maximum Gasteiger partial charge on any atom is 0.0839 e. The average molecular weight is 205 g/mol. The van der Waals surface area contributed by atoms with Crippen molar-refractivity contribution in [3.8, 4) is 11.8 Å². The maximum absolute atomic E-state index is 5.51. The van der Waals surface area contributed by atoms with Crippen molar-refractivity contribution in [2.75, 3.05) is 5.88 Å². The highest BCUT2D eigenvalue weighted by Crippen LogP contribution is 2.16. The Balaban J connectivity index is 2.59. The molecule has 3 heteroatoms. The van der Waals surface area contributed by atoms with Gasteiger partial charge in [0.1, 0.15) is 0 Å². The molecular weight excluding hydrogens is 196 g/mol. The van der Waals surface area contributed by atoms with Crippen molar-refractivity contribution in [1.82, 2.24) is 10.2 Å². The number of hydrogen-bond donors (Lipinski definition) is 1. The van der Waals surface area contributed by atoms with Crippen LogP contribution in [0.25, 0.3) is 10.9 Å². The molecule has 2 nitrogen and oxygen atoms in total. The molecule has 14 heavy (non-hydrogen) atoms. The molecule has 1 N–H and O–H groups in total. The molecule has 0 unspecified atom stereocenters. The summed E-state index contributed by atoms with van der Waals surface area (Å²) in [6, 6.07) is 4.06. The van der Waals surface area contributed by atoms with E-state index in [1.165, 1.54) is 0 Å². The minimum Gasteiger partial charge on any atom is -0.278 e. The number of benzene rings is 1. The van der Waals surface area contributed by atoms with E-state index in [9.17, 15) is 0 Å². The maximum atomic E-state index is 5.51. The van der Waals surface area contributed by atoms with Crippen molar-refractivity contribution in [3.05, 3.63) is 29.5 Å². The van der Waals surface area contributed by atoms with E-state index in [4.69, 9.17) is 11.6 Å². The molecule has 1 aromatic heterocycles. The zero-order valence-electron chi connectivity index (χ0n) is 7.76. The molecule has 0 aliphatic rings. The van der Waals surface area contributed by atoms with Crippen LogP contribution in [0.5, 0.6) is 0 Å². The van der Waals surface area contributed by atoms with Crippen molar-refractivity contribution in [1.29, 1.82) is 0 Å². The molecule has 1 aromatic carbocycles. The summed E-state index contributed by atoms with van der Waals surface area (Å²) in [4.78, 5) is 0. The van der Waals surface area contributed by atoms with Gasteiger partial charge in [0.05, 0.1) is 17.6 Å². The molecule has 1 heterocycles. The van der Waals surface area contributed by atoms with Crippen LogP contribution in [0.3, 0.4) is 0 Å². The van der Waals surface area contributed by atoms with Crippen molar-refractivity contribution in [3.63, 3.8) is 0 Å². The fraction of sp³-hybridized carbons (Fsp3) is 0.182. The standard InChI is InChI=1S/C11H9ClN2/c1-8-5-11-10(7-13-14-11)6-9(8)3-2-4-12/h5-7H,4H2,1H3,(H,13,14). The predicted molar refractivity (Wildman–Crippen MR) is 58.4 cm³/mol. The Morgan fingerprint density at radius 1 is 1.50 bits per heavy atom. The number of halogens is 1. The number of hydrogen-bond acceptors (Lipinski definition) is 1. The number of alkyl halides is 1. The number of rotatable bonds is 0. The van der Waals surface area contributed by atoms with Gasteiger partial charge in [-0.25, -0.2) is 0 Å². The number of aromatic nitrogens is 2. The number of H-pyrrole nitrogens is 1. The van der Waals surface area contributed by atoms with Gasteiger partial charge in [0.25, 0.3) is 0 Å². The molecule has 0 amide bonds. The number of nitrogens with one attached hydrogen (secondary N) is 1. The van der Waals surface area contributed by atoms with Crippen molar-refractivity contribution >= 4 is 22.5 Å². The number of nitrogens with zero attached hydrogens (tertiary/aromatic N) is 1. The highest BCUT2D eigenvalue weighted by Gasteiger charge is 1.99. The lowest BCUT2D eigenvalue weighted by molar-refractivity contribution is 1.12. The summed E-state index contributed by atoms with van der Waals surface area (Å²) in [5.41, 5.74) is 3.19. The minimum atomic E-state index is 0.364. The summed E-state index contributed by atoms with van der Waals surface area (Å²) in [6.07, 6.45) is 1.79. The molecule has 0 atom stereocenters. The summed E-state index contributed by atoms with van der Waals surface area (Å²) >= 11 is 5.51. The van der Waals surface area contributed by atoms with Gasteiger partial charge in [-0.2, -0.15) is 5.10 Å². The molecule has 0 fully saturated rings. The molecule has 0 saturated carbocycles. The first-order valence-electron chi connectivity index (χ1n) is 4.30. The van der Waals surface area contributed by atoms with E-state index >= 15 is 0 Å². The first kappa shape index (κ1) is 9.11. The smallest absolute Gasteiger partial charge is 0.0839 e. The minimum absolute atomic E-state index is 0.364. The third-order valence-corrected chi connectivity index (χ3v) is 2.21. The van der Waals surface area contributed by atoms with Crippen LogP contribution in [0.4, 0.5) is 0 Å². The molecule has 2 rings (SSSR count). The first-order valence-corrected chi connectivity index (χ1v) is 4.83. The van der Waals surface area contributed by atoms with E-state index in [2.05, 4.69) is 22.0 Å². The summed E-state index contributed by atoms with van der Waals surface area (Å²) in [7, 11) is 0. The Bertz CT molecular complexity index is 517. The van der Waals surface area contributed by atoms with E-state index in [1.54, 1.807) is 6.20 Å². The zero-order valence-corrected chi connectivity index (χ0v) is 8.52. The van der Waals surface area contributed by atoms with Crippen molar-refractivity contribution in [2.24, 2.45) is 0 Å². The topological polar surface area (TPSA) is 28.7 Å². The van der Waals surface area contributed by atoms with Gasteiger partial charge in [-0.3, -0.25) is 5.10 Å². The lowest BCUT2D eigenvalue weighted by Gasteiger charge is -1.97. The monoisotopic (exact) mass is 204 g/mol. The Labute approximate surface area is 87.3 Å². The van der Waals surface area contributed by atoms with Crippen LogP contribution in [-0.4, -0.2) is 16.1 Å². The van der Waals surface area contributed by atoms with E-state index < -0.39 is 0 Å². The molecule has 0 spiro atoms. The quantitative estimate of drug-likeness (QED) is 0.518. The van der Waals surface area contributed by atoms with E-state index in [-0.39, 0.29) is 0 Å².